The van der Waals surface area contributed by atoms with Crippen molar-refractivity contribution in [3.8, 4) is 0 Å². The Labute approximate surface area is 128 Å². The summed E-state index contributed by atoms with van der Waals surface area (Å²) in [5, 5.41) is 9.35. The van der Waals surface area contributed by atoms with Crippen molar-refractivity contribution in [3.05, 3.63) is 29.6 Å². The normalized spacial score (nSPS) is 16.3. The average molecular weight is 304 g/mol. The van der Waals surface area contributed by atoms with Gasteiger partial charge in [-0.2, -0.15) is 11.8 Å². The topological polar surface area (TPSA) is 55.1 Å². The third kappa shape index (κ3) is 2.55. The minimum Gasteiger partial charge on any atom is -0.478 e. The van der Waals surface area contributed by atoms with Crippen molar-refractivity contribution in [2.24, 2.45) is 0 Å². The Kier molecular flexibility index (Phi) is 3.69. The van der Waals surface area contributed by atoms with Crippen molar-refractivity contribution in [3.63, 3.8) is 0 Å². The fraction of sp³-hybridized carbons (Fsp3) is 0.500. The van der Waals surface area contributed by atoms with E-state index in [1.54, 1.807) is 6.07 Å². The van der Waals surface area contributed by atoms with Gasteiger partial charge in [0, 0.05) is 17.7 Å². The smallest absolute Gasteiger partial charge is 0.337 e. The first kappa shape index (κ1) is 14.4. The van der Waals surface area contributed by atoms with Crippen molar-refractivity contribution in [2.75, 3.05) is 6.26 Å². The molecule has 0 bridgehead atoms. The molecule has 0 radical (unpaired) electrons. The predicted molar refractivity (Wildman–Crippen MR) is 86.2 cm³/mol. The summed E-state index contributed by atoms with van der Waals surface area (Å²) in [5.41, 5.74) is 1.89. The molecule has 0 spiro atoms. The number of carboxylic acid groups (broad SMARTS) is 1. The maximum absolute atomic E-state index is 11.4. The van der Waals surface area contributed by atoms with Crippen molar-refractivity contribution in [2.45, 2.75) is 43.9 Å². The molecule has 1 aromatic carbocycles. The van der Waals surface area contributed by atoms with Crippen molar-refractivity contribution in [1.82, 2.24) is 9.55 Å². The van der Waals surface area contributed by atoms with Gasteiger partial charge in [-0.1, -0.05) is 13.0 Å². The lowest BCUT2D eigenvalue weighted by atomic mass is 10.2. The van der Waals surface area contributed by atoms with Crippen LogP contribution in [0.25, 0.3) is 11.0 Å². The molecule has 2 aromatic rings. The SMILES string of the molecule is CCCc1nc2c(C(=O)O)cccc2n1CC1(SC)CC1. The summed E-state index contributed by atoms with van der Waals surface area (Å²) < 4.78 is 2.57. The van der Waals surface area contributed by atoms with E-state index in [-0.39, 0.29) is 0 Å². The lowest BCUT2D eigenvalue weighted by molar-refractivity contribution is 0.0699. The number of nitrogens with zero attached hydrogens (tertiary/aromatic N) is 2. The molecule has 112 valence electrons. The van der Waals surface area contributed by atoms with Crippen LogP contribution < -0.4 is 0 Å². The summed E-state index contributed by atoms with van der Waals surface area (Å²) in [6.07, 6.45) is 6.53. The first-order valence-corrected chi connectivity index (χ1v) is 8.59. The van der Waals surface area contributed by atoms with Crippen LogP contribution in [0.4, 0.5) is 0 Å². The van der Waals surface area contributed by atoms with Gasteiger partial charge in [-0.15, -0.1) is 0 Å². The molecular formula is C16H20N2O2S. The van der Waals surface area contributed by atoms with E-state index >= 15 is 0 Å². The Morgan fingerprint density at radius 3 is 2.81 bits per heavy atom. The molecule has 3 rings (SSSR count). The highest BCUT2D eigenvalue weighted by Gasteiger charge is 2.42. The Morgan fingerprint density at radius 1 is 1.48 bits per heavy atom. The number of aromatic nitrogens is 2. The number of thioether (sulfide) groups is 1. The molecule has 1 fully saturated rings. The van der Waals surface area contributed by atoms with Crippen LogP contribution in [0.1, 0.15) is 42.4 Å². The summed E-state index contributed by atoms with van der Waals surface area (Å²) in [6, 6.07) is 5.45. The Bertz CT molecular complexity index is 689. The summed E-state index contributed by atoms with van der Waals surface area (Å²) in [7, 11) is 0. The van der Waals surface area contributed by atoms with Gasteiger partial charge in [-0.3, -0.25) is 0 Å². The fourth-order valence-electron chi connectivity index (χ4n) is 2.81. The van der Waals surface area contributed by atoms with Gasteiger partial charge in [-0.25, -0.2) is 9.78 Å². The maximum Gasteiger partial charge on any atom is 0.337 e. The van der Waals surface area contributed by atoms with Gasteiger partial charge in [0.05, 0.1) is 11.1 Å². The van der Waals surface area contributed by atoms with Crippen LogP contribution in [-0.4, -0.2) is 31.6 Å². The predicted octanol–water partition coefficient (Wildman–Crippen LogP) is 3.58. The third-order valence-corrected chi connectivity index (χ3v) is 5.65. The number of hydrogen-bond donors (Lipinski definition) is 1. The molecule has 1 N–H and O–H groups in total. The lowest BCUT2D eigenvalue weighted by Gasteiger charge is -2.16. The molecule has 0 unspecified atom stereocenters. The van der Waals surface area contributed by atoms with Gasteiger partial charge in [0.1, 0.15) is 11.3 Å². The standard InChI is InChI=1S/C16H20N2O2S/c1-3-5-13-17-14-11(15(19)20)6-4-7-12(14)18(13)10-16(21-2)8-9-16/h4,6-7H,3,5,8-10H2,1-2H3,(H,19,20). The van der Waals surface area contributed by atoms with Crippen LogP contribution in [-0.2, 0) is 13.0 Å². The Balaban J connectivity index is 2.13. The van der Waals surface area contributed by atoms with Gasteiger partial charge in [0.25, 0.3) is 0 Å². The zero-order chi connectivity index (χ0) is 15.0. The molecule has 1 aliphatic rings. The van der Waals surface area contributed by atoms with E-state index < -0.39 is 5.97 Å². The number of fused-ring (bicyclic) bond motifs is 1. The highest BCUT2D eigenvalue weighted by molar-refractivity contribution is 8.00. The monoisotopic (exact) mass is 304 g/mol. The number of para-hydroxylation sites is 1. The number of carbonyl (C=O) groups is 1. The van der Waals surface area contributed by atoms with Crippen LogP contribution in [0, 0.1) is 0 Å². The van der Waals surface area contributed by atoms with Crippen molar-refractivity contribution in [1.29, 1.82) is 0 Å². The van der Waals surface area contributed by atoms with Crippen LogP contribution in [0.5, 0.6) is 0 Å². The lowest BCUT2D eigenvalue weighted by Crippen LogP contribution is -2.16. The van der Waals surface area contributed by atoms with Gasteiger partial charge < -0.3 is 9.67 Å². The molecule has 1 aliphatic carbocycles. The molecule has 0 saturated heterocycles. The van der Waals surface area contributed by atoms with Gasteiger partial charge in [-0.05, 0) is 37.7 Å². The quantitative estimate of drug-likeness (QED) is 0.886. The fourth-order valence-corrected chi connectivity index (χ4v) is 3.58. The first-order valence-electron chi connectivity index (χ1n) is 7.37. The van der Waals surface area contributed by atoms with Crippen molar-refractivity contribution >= 4 is 28.8 Å². The molecule has 1 heterocycles. The van der Waals surface area contributed by atoms with E-state index in [1.807, 2.05) is 23.9 Å². The van der Waals surface area contributed by atoms with E-state index in [9.17, 15) is 9.90 Å². The molecule has 21 heavy (non-hydrogen) atoms. The maximum atomic E-state index is 11.4. The Hall–Kier alpha value is -1.49. The van der Waals surface area contributed by atoms with E-state index in [0.717, 1.165) is 30.7 Å². The third-order valence-electron chi connectivity index (χ3n) is 4.25. The molecule has 5 heteroatoms. The van der Waals surface area contributed by atoms with Gasteiger partial charge >= 0.3 is 5.97 Å². The van der Waals surface area contributed by atoms with Gasteiger partial charge in [0.2, 0.25) is 0 Å². The van der Waals surface area contributed by atoms with E-state index in [0.29, 0.717) is 15.8 Å². The zero-order valence-corrected chi connectivity index (χ0v) is 13.2. The summed E-state index contributed by atoms with van der Waals surface area (Å²) in [5.74, 6) is 0.112. The Morgan fingerprint density at radius 2 is 2.24 bits per heavy atom. The van der Waals surface area contributed by atoms with Crippen LogP contribution in [0.3, 0.4) is 0 Å². The number of aryl methyl sites for hydroxylation is 1. The molecule has 0 atom stereocenters. The number of carboxylic acids is 1. The van der Waals surface area contributed by atoms with Crippen molar-refractivity contribution < 1.29 is 9.90 Å². The number of hydrogen-bond acceptors (Lipinski definition) is 3. The number of benzene rings is 1. The molecule has 4 nitrogen and oxygen atoms in total. The minimum absolute atomic E-state index is 0.303. The molecule has 1 aromatic heterocycles. The van der Waals surface area contributed by atoms with Gasteiger partial charge in [0.15, 0.2) is 0 Å². The summed E-state index contributed by atoms with van der Waals surface area (Å²) >= 11 is 1.92. The number of aromatic carboxylic acids is 1. The second kappa shape index (κ2) is 5.37. The second-order valence-electron chi connectivity index (χ2n) is 5.73. The highest BCUT2D eigenvalue weighted by atomic mass is 32.2. The first-order chi connectivity index (χ1) is 10.1. The van der Waals surface area contributed by atoms with Crippen LogP contribution >= 0.6 is 11.8 Å². The van der Waals surface area contributed by atoms with E-state index in [2.05, 4.69) is 22.7 Å². The van der Waals surface area contributed by atoms with Crippen LogP contribution in [0.2, 0.25) is 0 Å². The van der Waals surface area contributed by atoms with E-state index in [1.165, 1.54) is 12.8 Å². The van der Waals surface area contributed by atoms with E-state index in [4.69, 9.17) is 0 Å². The molecular weight excluding hydrogens is 284 g/mol. The number of rotatable bonds is 6. The molecule has 0 aliphatic heterocycles. The minimum atomic E-state index is -0.903. The zero-order valence-electron chi connectivity index (χ0n) is 12.4. The summed E-state index contributed by atoms with van der Waals surface area (Å²) in [6.45, 7) is 3.06. The average Bonchev–Trinajstić information content (AvgIpc) is 3.17. The molecule has 0 amide bonds. The number of imidazole rings is 1. The second-order valence-corrected chi connectivity index (χ2v) is 7.00. The highest BCUT2D eigenvalue weighted by Crippen LogP contribution is 2.49. The molecule has 1 saturated carbocycles. The summed E-state index contributed by atoms with van der Waals surface area (Å²) in [4.78, 5) is 16.0. The largest absolute Gasteiger partial charge is 0.478 e. The van der Waals surface area contributed by atoms with Crippen LogP contribution in [0.15, 0.2) is 18.2 Å².